The Bertz CT molecular complexity index is 338. The molecule has 0 amide bonds. The van der Waals surface area contributed by atoms with Gasteiger partial charge in [0.1, 0.15) is 11.9 Å². The second-order valence-electron chi connectivity index (χ2n) is 4.20. The molecule has 1 aliphatic rings. The molecular weight excluding hydrogens is 210 g/mol. The Hall–Kier alpha value is -0.730. The van der Waals surface area contributed by atoms with Crippen molar-refractivity contribution in [2.24, 2.45) is 11.7 Å². The molecular formula is C12H16ClNO. The Morgan fingerprint density at radius 2 is 2.20 bits per heavy atom. The van der Waals surface area contributed by atoms with Gasteiger partial charge in [-0.25, -0.2) is 0 Å². The molecule has 0 bridgehead atoms. The molecule has 2 rings (SSSR count). The molecule has 0 heterocycles. The average molecular weight is 226 g/mol. The molecule has 1 aromatic rings. The standard InChI is InChI=1S/C12H16ClNO/c1-8(12(14)9-5-6-9)15-11-4-2-3-10(13)7-11/h2-4,7-9,12H,5-6,14H2,1H3. The molecule has 0 spiro atoms. The van der Waals surface area contributed by atoms with Crippen LogP contribution in [0.3, 0.4) is 0 Å². The molecule has 2 unspecified atom stereocenters. The van der Waals surface area contributed by atoms with Gasteiger partial charge < -0.3 is 10.5 Å². The summed E-state index contributed by atoms with van der Waals surface area (Å²) in [6, 6.07) is 7.58. The van der Waals surface area contributed by atoms with Gasteiger partial charge in [0.15, 0.2) is 0 Å². The average Bonchev–Trinajstić information content (AvgIpc) is 2.99. The molecule has 0 radical (unpaired) electrons. The third kappa shape index (κ3) is 2.86. The predicted octanol–water partition coefficient (Wildman–Crippen LogP) is 2.84. The fourth-order valence-corrected chi connectivity index (χ4v) is 1.88. The van der Waals surface area contributed by atoms with E-state index in [1.54, 1.807) is 0 Å². The summed E-state index contributed by atoms with van der Waals surface area (Å²) in [5.74, 6) is 1.45. The number of hydrogen-bond acceptors (Lipinski definition) is 2. The molecule has 0 saturated heterocycles. The first kappa shape index (κ1) is 10.8. The van der Waals surface area contributed by atoms with Gasteiger partial charge in [-0.1, -0.05) is 17.7 Å². The van der Waals surface area contributed by atoms with E-state index < -0.39 is 0 Å². The van der Waals surface area contributed by atoms with Crippen LogP contribution in [0.4, 0.5) is 0 Å². The first-order chi connectivity index (χ1) is 7.16. The number of halogens is 1. The summed E-state index contributed by atoms with van der Waals surface area (Å²) in [5.41, 5.74) is 6.05. The predicted molar refractivity (Wildman–Crippen MR) is 62.2 cm³/mol. The molecule has 1 aromatic carbocycles. The van der Waals surface area contributed by atoms with Crippen LogP contribution in [0.2, 0.25) is 5.02 Å². The Balaban J connectivity index is 1.95. The van der Waals surface area contributed by atoms with Gasteiger partial charge in [-0.2, -0.15) is 0 Å². The first-order valence-corrected chi connectivity index (χ1v) is 5.72. The summed E-state index contributed by atoms with van der Waals surface area (Å²) in [5, 5.41) is 0.694. The Labute approximate surface area is 95.4 Å². The molecule has 1 saturated carbocycles. The minimum absolute atomic E-state index is 0.0518. The number of benzene rings is 1. The van der Waals surface area contributed by atoms with Crippen LogP contribution in [0.1, 0.15) is 19.8 Å². The monoisotopic (exact) mass is 225 g/mol. The van der Waals surface area contributed by atoms with Crippen molar-refractivity contribution in [2.45, 2.75) is 31.9 Å². The number of nitrogens with two attached hydrogens (primary N) is 1. The van der Waals surface area contributed by atoms with E-state index in [0.717, 1.165) is 5.75 Å². The van der Waals surface area contributed by atoms with Crippen molar-refractivity contribution in [3.05, 3.63) is 29.3 Å². The van der Waals surface area contributed by atoms with Crippen molar-refractivity contribution in [2.75, 3.05) is 0 Å². The minimum atomic E-state index is 0.0518. The van der Waals surface area contributed by atoms with E-state index in [4.69, 9.17) is 22.1 Å². The fourth-order valence-electron chi connectivity index (χ4n) is 1.70. The van der Waals surface area contributed by atoms with E-state index in [1.165, 1.54) is 12.8 Å². The summed E-state index contributed by atoms with van der Waals surface area (Å²) in [7, 11) is 0. The van der Waals surface area contributed by atoms with Crippen molar-refractivity contribution < 1.29 is 4.74 Å². The number of rotatable bonds is 4. The van der Waals surface area contributed by atoms with Gasteiger partial charge in [0.05, 0.1) is 0 Å². The van der Waals surface area contributed by atoms with E-state index in [9.17, 15) is 0 Å². The normalized spacial score (nSPS) is 19.7. The van der Waals surface area contributed by atoms with Gasteiger partial charge >= 0.3 is 0 Å². The van der Waals surface area contributed by atoms with Crippen LogP contribution in [0.25, 0.3) is 0 Å². The smallest absolute Gasteiger partial charge is 0.121 e. The highest BCUT2D eigenvalue weighted by Gasteiger charge is 2.32. The van der Waals surface area contributed by atoms with Gasteiger partial charge in [-0.3, -0.25) is 0 Å². The highest BCUT2D eigenvalue weighted by atomic mass is 35.5. The van der Waals surface area contributed by atoms with Crippen LogP contribution in [0.5, 0.6) is 5.75 Å². The largest absolute Gasteiger partial charge is 0.489 e. The molecule has 15 heavy (non-hydrogen) atoms. The summed E-state index contributed by atoms with van der Waals surface area (Å²) in [4.78, 5) is 0. The topological polar surface area (TPSA) is 35.2 Å². The van der Waals surface area contributed by atoms with Gasteiger partial charge in [-0.15, -0.1) is 0 Å². The molecule has 2 atom stereocenters. The molecule has 0 aromatic heterocycles. The maximum Gasteiger partial charge on any atom is 0.121 e. The lowest BCUT2D eigenvalue weighted by Crippen LogP contribution is -2.38. The van der Waals surface area contributed by atoms with Crippen molar-refractivity contribution in [3.63, 3.8) is 0 Å². The van der Waals surface area contributed by atoms with Crippen molar-refractivity contribution in [1.29, 1.82) is 0 Å². The van der Waals surface area contributed by atoms with E-state index in [2.05, 4.69) is 0 Å². The van der Waals surface area contributed by atoms with Crippen LogP contribution < -0.4 is 10.5 Å². The van der Waals surface area contributed by atoms with Crippen LogP contribution in [0, 0.1) is 5.92 Å². The lowest BCUT2D eigenvalue weighted by molar-refractivity contribution is 0.179. The second-order valence-corrected chi connectivity index (χ2v) is 4.63. The molecule has 0 aliphatic heterocycles. The van der Waals surface area contributed by atoms with Crippen LogP contribution in [-0.2, 0) is 0 Å². The summed E-state index contributed by atoms with van der Waals surface area (Å²) in [6.45, 7) is 2.02. The van der Waals surface area contributed by atoms with E-state index in [-0.39, 0.29) is 12.1 Å². The van der Waals surface area contributed by atoms with Crippen LogP contribution in [-0.4, -0.2) is 12.1 Å². The van der Waals surface area contributed by atoms with Gasteiger partial charge in [0.25, 0.3) is 0 Å². The quantitative estimate of drug-likeness (QED) is 0.855. The SMILES string of the molecule is CC(Oc1cccc(Cl)c1)C(N)C1CC1. The van der Waals surface area contributed by atoms with Gasteiger partial charge in [0.2, 0.25) is 0 Å². The summed E-state index contributed by atoms with van der Waals surface area (Å²) >= 11 is 5.87. The maximum atomic E-state index is 6.05. The van der Waals surface area contributed by atoms with Crippen LogP contribution in [0.15, 0.2) is 24.3 Å². The summed E-state index contributed by atoms with van der Waals surface area (Å²) < 4.78 is 5.75. The molecule has 2 nitrogen and oxygen atoms in total. The Kier molecular flexibility index (Phi) is 3.17. The van der Waals surface area contributed by atoms with Gasteiger partial charge in [-0.05, 0) is 43.9 Å². The third-order valence-corrected chi connectivity index (χ3v) is 3.06. The third-order valence-electron chi connectivity index (χ3n) is 2.83. The fraction of sp³-hybridized carbons (Fsp3) is 0.500. The molecule has 82 valence electrons. The van der Waals surface area contributed by atoms with Crippen molar-refractivity contribution in [1.82, 2.24) is 0 Å². The minimum Gasteiger partial charge on any atom is -0.489 e. The second kappa shape index (κ2) is 4.42. The van der Waals surface area contributed by atoms with Gasteiger partial charge in [0, 0.05) is 11.1 Å². The molecule has 2 N–H and O–H groups in total. The number of ether oxygens (including phenoxy) is 1. The molecule has 1 aliphatic carbocycles. The first-order valence-electron chi connectivity index (χ1n) is 5.34. The van der Waals surface area contributed by atoms with E-state index in [0.29, 0.717) is 10.9 Å². The Morgan fingerprint density at radius 3 is 2.80 bits per heavy atom. The molecule has 3 heteroatoms. The van der Waals surface area contributed by atoms with Crippen LogP contribution >= 0.6 is 11.6 Å². The lowest BCUT2D eigenvalue weighted by atomic mass is 10.1. The van der Waals surface area contributed by atoms with Crippen molar-refractivity contribution in [3.8, 4) is 5.75 Å². The summed E-state index contributed by atoms with van der Waals surface area (Å²) in [6.07, 6.45) is 2.53. The molecule has 1 fully saturated rings. The highest BCUT2D eigenvalue weighted by molar-refractivity contribution is 6.30. The zero-order chi connectivity index (χ0) is 10.8. The zero-order valence-electron chi connectivity index (χ0n) is 8.82. The highest BCUT2D eigenvalue weighted by Crippen LogP contribution is 2.33. The van der Waals surface area contributed by atoms with Crippen molar-refractivity contribution >= 4 is 11.6 Å². The van der Waals surface area contributed by atoms with E-state index >= 15 is 0 Å². The number of hydrogen-bond donors (Lipinski definition) is 1. The maximum absolute atomic E-state index is 6.05. The lowest BCUT2D eigenvalue weighted by Gasteiger charge is -2.21. The van der Waals surface area contributed by atoms with E-state index in [1.807, 2.05) is 31.2 Å². The Morgan fingerprint density at radius 1 is 1.47 bits per heavy atom. The zero-order valence-corrected chi connectivity index (χ0v) is 9.58.